The van der Waals surface area contributed by atoms with Crippen LogP contribution in [0.25, 0.3) is 0 Å². The van der Waals surface area contributed by atoms with E-state index in [1.807, 2.05) is 6.92 Å². The third-order valence-electron chi connectivity index (χ3n) is 5.11. The van der Waals surface area contributed by atoms with Crippen LogP contribution in [-0.4, -0.2) is 86.9 Å². The summed E-state index contributed by atoms with van der Waals surface area (Å²) in [5.41, 5.74) is 5.44. The summed E-state index contributed by atoms with van der Waals surface area (Å²) in [6.45, 7) is 5.96. The lowest BCUT2D eigenvalue weighted by molar-refractivity contribution is -0.140. The Morgan fingerprint density at radius 2 is 2.03 bits per heavy atom. The maximum absolute atomic E-state index is 13.0. The van der Waals surface area contributed by atoms with Gasteiger partial charge in [0, 0.05) is 12.4 Å². The van der Waals surface area contributed by atoms with Gasteiger partial charge >= 0.3 is 5.97 Å². The Hall–Kier alpha value is -3.32. The van der Waals surface area contributed by atoms with E-state index in [4.69, 9.17) is 10.9 Å². The van der Waals surface area contributed by atoms with Crippen LogP contribution in [0.2, 0.25) is 0 Å². The number of aromatic nitrogens is 2. The van der Waals surface area contributed by atoms with Crippen molar-refractivity contribution in [1.29, 1.82) is 0 Å². The van der Waals surface area contributed by atoms with Gasteiger partial charge in [-0.3, -0.25) is 28.6 Å². The van der Waals surface area contributed by atoms with E-state index in [0.29, 0.717) is 12.3 Å². The first kappa shape index (κ1) is 28.7. The van der Waals surface area contributed by atoms with E-state index < -0.39 is 47.8 Å². The van der Waals surface area contributed by atoms with Crippen molar-refractivity contribution in [3.05, 3.63) is 22.7 Å². The Morgan fingerprint density at radius 3 is 2.56 bits per heavy atom. The predicted molar refractivity (Wildman–Crippen MR) is 128 cm³/mol. The molecule has 0 aromatic carbocycles. The molecule has 0 spiro atoms. The van der Waals surface area contributed by atoms with Crippen LogP contribution in [0.15, 0.2) is 22.3 Å². The van der Waals surface area contributed by atoms with Gasteiger partial charge in [-0.1, -0.05) is 13.8 Å². The van der Waals surface area contributed by atoms with E-state index in [1.165, 1.54) is 17.0 Å². The molecule has 0 fully saturated rings. The fraction of sp³-hybridized carbons (Fsp3) is 0.619. The highest BCUT2D eigenvalue weighted by atomic mass is 16.4. The lowest BCUT2D eigenvalue weighted by atomic mass is 10.1. The van der Waals surface area contributed by atoms with Gasteiger partial charge in [-0.05, 0) is 33.4 Å². The average Bonchev–Trinajstić information content (AvgIpc) is 2.75. The summed E-state index contributed by atoms with van der Waals surface area (Å²) in [6, 6.07) is -2.72. The average molecular weight is 483 g/mol. The largest absolute Gasteiger partial charge is 0.481 e. The molecule has 3 atom stereocenters. The molecule has 0 bridgehead atoms. The van der Waals surface area contributed by atoms with Gasteiger partial charge in [-0.15, -0.1) is 0 Å². The molecule has 0 radical (unpaired) electrons. The number of nitrogens with two attached hydrogens (primary N) is 1. The molecule has 1 amide bonds. The van der Waals surface area contributed by atoms with Crippen LogP contribution >= 0.6 is 0 Å². The molecule has 0 aliphatic carbocycles. The van der Waals surface area contributed by atoms with Crippen molar-refractivity contribution in [2.45, 2.75) is 58.2 Å². The second-order valence-electron chi connectivity index (χ2n) is 8.02. The minimum atomic E-state index is -1.23. The number of ketones is 1. The number of anilines is 1. The molecule has 0 saturated carbocycles. The van der Waals surface area contributed by atoms with Crippen LogP contribution in [0.5, 0.6) is 0 Å². The quantitative estimate of drug-likeness (QED) is 0.136. The Bertz CT molecular complexity index is 930. The first-order valence-electron chi connectivity index (χ1n) is 11.1. The lowest BCUT2D eigenvalue weighted by Crippen LogP contribution is -2.49. The molecule has 7 N–H and O–H groups in total. The molecule has 0 aliphatic heterocycles. The van der Waals surface area contributed by atoms with Crippen molar-refractivity contribution in [2.75, 3.05) is 32.0 Å². The van der Waals surface area contributed by atoms with Crippen molar-refractivity contribution < 1.29 is 24.7 Å². The van der Waals surface area contributed by atoms with Crippen LogP contribution in [0.4, 0.5) is 5.82 Å². The molecule has 190 valence electrons. The molecular weight excluding hydrogens is 446 g/mol. The molecule has 0 saturated heterocycles. The summed E-state index contributed by atoms with van der Waals surface area (Å²) in [5.74, 6) is -2.36. The first-order chi connectivity index (χ1) is 16.0. The normalized spacial score (nSPS) is 14.4. The molecule has 13 heteroatoms. The molecule has 1 rings (SSSR count). The van der Waals surface area contributed by atoms with Gasteiger partial charge in [0.05, 0.1) is 36.7 Å². The molecular formula is C21H36N7O6+. The highest BCUT2D eigenvalue weighted by molar-refractivity contribution is 5.94. The lowest BCUT2D eigenvalue weighted by Gasteiger charge is -2.24. The fourth-order valence-electron chi connectivity index (χ4n) is 3.30. The Morgan fingerprint density at radius 1 is 1.35 bits per heavy atom. The number of nitrogens with one attached hydrogen (secondary N) is 2. The number of carbonyl (C=O) groups is 3. The van der Waals surface area contributed by atoms with Crippen LogP contribution in [0.3, 0.4) is 0 Å². The van der Waals surface area contributed by atoms with E-state index in [9.17, 15) is 24.3 Å². The summed E-state index contributed by atoms with van der Waals surface area (Å²) in [5, 5.41) is 25.0. The van der Waals surface area contributed by atoms with Gasteiger partial charge in [0.25, 0.3) is 5.56 Å². The monoisotopic (exact) mass is 482 g/mol. The molecule has 34 heavy (non-hydrogen) atoms. The third-order valence-corrected chi connectivity index (χ3v) is 5.11. The molecule has 1 aromatic heterocycles. The third kappa shape index (κ3) is 8.56. The van der Waals surface area contributed by atoms with E-state index >= 15 is 0 Å². The highest BCUT2D eigenvalue weighted by Crippen LogP contribution is 2.11. The number of carboxylic acid groups (broad SMARTS) is 1. The second kappa shape index (κ2) is 14.1. The highest BCUT2D eigenvalue weighted by Gasteiger charge is 2.29. The minimum absolute atomic E-state index is 0.00835. The summed E-state index contributed by atoms with van der Waals surface area (Å²) in [7, 11) is 1.74. The summed E-state index contributed by atoms with van der Waals surface area (Å²) >= 11 is 0. The maximum atomic E-state index is 13.0. The molecule has 13 nitrogen and oxygen atoms in total. The van der Waals surface area contributed by atoms with Crippen LogP contribution in [0, 0.1) is 0 Å². The molecule has 1 aromatic rings. The second-order valence-corrected chi connectivity index (χ2v) is 8.02. The van der Waals surface area contributed by atoms with Crippen molar-refractivity contribution in [3.8, 4) is 0 Å². The Labute approximate surface area is 198 Å². The number of Topliss-reactive ketones (excluding diaryl/α,β-unsaturated/α-hetero) is 1. The van der Waals surface area contributed by atoms with Crippen molar-refractivity contribution in [1.82, 2.24) is 19.8 Å². The molecule has 0 aliphatic rings. The van der Waals surface area contributed by atoms with E-state index in [1.54, 1.807) is 25.8 Å². The van der Waals surface area contributed by atoms with Gasteiger partial charge in [0.2, 0.25) is 5.91 Å². The SMILES string of the molecule is CCCN(C)CC(=O)C(CC(=O)O)NC(=O)C(CC)n1ccnc(NC/C(=N/[OH2+])C(C)N)c1=O. The number of amides is 1. The van der Waals surface area contributed by atoms with Crippen LogP contribution in [-0.2, 0) is 14.4 Å². The standard InChI is InChI=1S/C21H35N7O6/c1-5-8-27(4)12-17(29)14(10-18(30)31)25-20(32)16(6-2)28-9-7-23-19(21(28)33)24-11-15(26-34)13(3)22/h7,9,13-14,16,34H,5-6,8,10-12,22H2,1-4H3,(H,23,24)(H,25,32)(H,30,31)/p+1/b26-15-. The maximum Gasteiger partial charge on any atom is 0.305 e. The van der Waals surface area contributed by atoms with Crippen LogP contribution < -0.4 is 21.9 Å². The summed E-state index contributed by atoms with van der Waals surface area (Å²) in [6.07, 6.45) is 3.14. The predicted octanol–water partition coefficient (Wildman–Crippen LogP) is -1.10. The Kier molecular flexibility index (Phi) is 11.9. The van der Waals surface area contributed by atoms with Gasteiger partial charge in [0.15, 0.2) is 11.6 Å². The topological polar surface area (TPSA) is 195 Å². The zero-order chi connectivity index (χ0) is 25.8. The fourth-order valence-corrected chi connectivity index (χ4v) is 3.30. The molecule has 1 heterocycles. The Balaban J connectivity index is 3.09. The smallest absolute Gasteiger partial charge is 0.305 e. The number of nitrogens with zero attached hydrogens (tertiary/aromatic N) is 4. The van der Waals surface area contributed by atoms with Gasteiger partial charge in [0.1, 0.15) is 11.8 Å². The van der Waals surface area contributed by atoms with Crippen LogP contribution in [0.1, 0.15) is 46.1 Å². The number of hydrogen-bond donors (Lipinski definition) is 4. The number of carbonyl (C=O) groups excluding carboxylic acids is 2. The number of likely N-dealkylation sites (N-methyl/N-ethyl adjacent to an activating group) is 1. The minimum Gasteiger partial charge on any atom is -0.481 e. The first-order valence-corrected chi connectivity index (χ1v) is 11.1. The summed E-state index contributed by atoms with van der Waals surface area (Å²) < 4.78 is 1.17. The van der Waals surface area contributed by atoms with Crippen molar-refractivity contribution in [3.63, 3.8) is 0 Å². The zero-order valence-electron chi connectivity index (χ0n) is 20.1. The number of hydrogen-bond acceptors (Lipinski definition) is 9. The molecule has 3 unspecified atom stereocenters. The van der Waals surface area contributed by atoms with E-state index in [2.05, 4.69) is 20.8 Å². The van der Waals surface area contributed by atoms with Crippen molar-refractivity contribution in [2.24, 2.45) is 10.9 Å². The number of carboxylic acids is 1. The van der Waals surface area contributed by atoms with Gasteiger partial charge < -0.3 is 26.7 Å². The van der Waals surface area contributed by atoms with E-state index in [0.717, 1.165) is 6.42 Å². The zero-order valence-corrected chi connectivity index (χ0v) is 20.1. The summed E-state index contributed by atoms with van der Waals surface area (Å²) in [4.78, 5) is 55.6. The number of aliphatic carboxylic acids is 1. The number of rotatable bonds is 15. The van der Waals surface area contributed by atoms with Gasteiger partial charge in [-0.25, -0.2) is 4.98 Å². The van der Waals surface area contributed by atoms with Crippen molar-refractivity contribution >= 4 is 29.2 Å². The van der Waals surface area contributed by atoms with Gasteiger partial charge in [-0.2, -0.15) is 0 Å². The van der Waals surface area contributed by atoms with E-state index in [-0.39, 0.29) is 25.3 Å².